The van der Waals surface area contributed by atoms with Crippen LogP contribution in [0.4, 0.5) is 0 Å². The zero-order valence-electron chi connectivity index (χ0n) is 5.91. The van der Waals surface area contributed by atoms with E-state index >= 15 is 0 Å². The molecule has 0 saturated carbocycles. The number of hydrogen-bond donors (Lipinski definition) is 0. The van der Waals surface area contributed by atoms with Crippen molar-refractivity contribution in [3.8, 4) is 0 Å². The van der Waals surface area contributed by atoms with Crippen molar-refractivity contribution in [2.45, 2.75) is 26.7 Å². The summed E-state index contributed by atoms with van der Waals surface area (Å²) in [4.78, 5) is 0. The van der Waals surface area contributed by atoms with Gasteiger partial charge in [0.05, 0.1) is 0 Å². The van der Waals surface area contributed by atoms with Crippen molar-refractivity contribution in [3.05, 3.63) is 19.1 Å². The van der Waals surface area contributed by atoms with Crippen LogP contribution in [-0.2, 0) is 0 Å². The standard InChI is InChI=1S/C8H15/c1-5-8(6-2)7(3)4/h8H,1,3,5-6H2,2,4H3. The Balaban J connectivity index is 3.52. The predicted octanol–water partition coefficient (Wildman–Crippen LogP) is 2.81. The lowest BCUT2D eigenvalue weighted by molar-refractivity contribution is 0.601. The molecule has 0 aromatic carbocycles. The molecule has 1 radical (unpaired) electrons. The lowest BCUT2D eigenvalue weighted by atomic mass is 9.97. The summed E-state index contributed by atoms with van der Waals surface area (Å²) in [5.74, 6) is 0.648. The maximum absolute atomic E-state index is 3.86. The van der Waals surface area contributed by atoms with Gasteiger partial charge < -0.3 is 0 Å². The third kappa shape index (κ3) is 2.15. The largest absolute Gasteiger partial charge is 0.0999 e. The third-order valence-electron chi connectivity index (χ3n) is 1.54. The van der Waals surface area contributed by atoms with Gasteiger partial charge in [-0.1, -0.05) is 26.0 Å². The maximum atomic E-state index is 3.86. The van der Waals surface area contributed by atoms with Crippen molar-refractivity contribution < 1.29 is 0 Å². The maximum Gasteiger partial charge on any atom is -0.0211 e. The average Bonchev–Trinajstić information content (AvgIpc) is 1.69. The first kappa shape index (κ1) is 7.74. The smallest absolute Gasteiger partial charge is 0.0211 e. The molecule has 0 saturated heterocycles. The first-order valence-corrected chi connectivity index (χ1v) is 3.17. The van der Waals surface area contributed by atoms with E-state index in [4.69, 9.17) is 0 Å². The van der Waals surface area contributed by atoms with E-state index in [2.05, 4.69) is 27.4 Å². The number of hydrogen-bond acceptors (Lipinski definition) is 0. The summed E-state index contributed by atoms with van der Waals surface area (Å²) >= 11 is 0. The highest BCUT2D eigenvalue weighted by Gasteiger charge is 2.00. The van der Waals surface area contributed by atoms with Gasteiger partial charge in [-0.15, -0.1) is 0 Å². The summed E-state index contributed by atoms with van der Waals surface area (Å²) in [6.07, 6.45) is 2.17. The first-order chi connectivity index (χ1) is 3.72. The Morgan fingerprint density at radius 3 is 2.12 bits per heavy atom. The average molecular weight is 111 g/mol. The Morgan fingerprint density at radius 2 is 2.12 bits per heavy atom. The van der Waals surface area contributed by atoms with Gasteiger partial charge >= 0.3 is 0 Å². The molecular weight excluding hydrogens is 96.1 g/mol. The third-order valence-corrected chi connectivity index (χ3v) is 1.54. The van der Waals surface area contributed by atoms with Crippen molar-refractivity contribution in [3.63, 3.8) is 0 Å². The van der Waals surface area contributed by atoms with E-state index in [0.717, 1.165) is 6.42 Å². The zero-order chi connectivity index (χ0) is 6.57. The van der Waals surface area contributed by atoms with Gasteiger partial charge in [0.1, 0.15) is 0 Å². The van der Waals surface area contributed by atoms with Crippen LogP contribution in [0.3, 0.4) is 0 Å². The topological polar surface area (TPSA) is 0 Å². The zero-order valence-corrected chi connectivity index (χ0v) is 5.91. The first-order valence-electron chi connectivity index (χ1n) is 3.17. The van der Waals surface area contributed by atoms with Crippen LogP contribution in [0.25, 0.3) is 0 Å². The molecule has 0 spiro atoms. The molecule has 8 heavy (non-hydrogen) atoms. The minimum Gasteiger partial charge on any atom is -0.0999 e. The van der Waals surface area contributed by atoms with E-state index in [1.54, 1.807) is 0 Å². The lowest BCUT2D eigenvalue weighted by Gasteiger charge is -2.09. The Morgan fingerprint density at radius 1 is 1.62 bits per heavy atom. The number of rotatable bonds is 3. The quantitative estimate of drug-likeness (QED) is 0.491. The molecule has 47 valence electrons. The van der Waals surface area contributed by atoms with Crippen LogP contribution in [0.5, 0.6) is 0 Å². The Labute approximate surface area is 52.6 Å². The Kier molecular flexibility index (Phi) is 3.59. The molecule has 0 heterocycles. The molecule has 0 aliphatic carbocycles. The minimum absolute atomic E-state index is 0.648. The summed E-state index contributed by atoms with van der Waals surface area (Å²) in [5, 5.41) is 0. The van der Waals surface area contributed by atoms with Crippen LogP contribution in [-0.4, -0.2) is 0 Å². The lowest BCUT2D eigenvalue weighted by Crippen LogP contribution is -1.95. The second-order valence-corrected chi connectivity index (χ2v) is 2.24. The molecule has 0 aliphatic heterocycles. The molecule has 0 heteroatoms. The molecule has 0 fully saturated rings. The van der Waals surface area contributed by atoms with E-state index in [9.17, 15) is 0 Å². The molecule has 0 bridgehead atoms. The summed E-state index contributed by atoms with van der Waals surface area (Å²) < 4.78 is 0. The van der Waals surface area contributed by atoms with Crippen molar-refractivity contribution in [1.82, 2.24) is 0 Å². The normalized spacial score (nSPS) is 10.0. The van der Waals surface area contributed by atoms with Gasteiger partial charge in [0.2, 0.25) is 0 Å². The van der Waals surface area contributed by atoms with Crippen LogP contribution in [0.15, 0.2) is 12.2 Å². The van der Waals surface area contributed by atoms with E-state index in [1.807, 2.05) is 0 Å². The van der Waals surface area contributed by atoms with Gasteiger partial charge in [-0.25, -0.2) is 0 Å². The van der Waals surface area contributed by atoms with E-state index in [-0.39, 0.29) is 0 Å². The molecule has 0 aliphatic rings. The van der Waals surface area contributed by atoms with Crippen LogP contribution < -0.4 is 0 Å². The van der Waals surface area contributed by atoms with E-state index in [0.29, 0.717) is 5.92 Å². The Hall–Kier alpha value is -0.260. The van der Waals surface area contributed by atoms with Gasteiger partial charge in [-0.05, 0) is 25.7 Å². The molecule has 1 unspecified atom stereocenters. The van der Waals surface area contributed by atoms with Crippen LogP contribution in [0.2, 0.25) is 0 Å². The molecule has 0 rings (SSSR count). The highest BCUT2D eigenvalue weighted by atomic mass is 14.1. The summed E-state index contributed by atoms with van der Waals surface area (Å²) in [6, 6.07) is 0. The SMILES string of the molecule is [CH2]CC(CC)C(=C)C. The molecule has 1 atom stereocenters. The highest BCUT2D eigenvalue weighted by molar-refractivity contribution is 4.95. The van der Waals surface area contributed by atoms with E-state index in [1.165, 1.54) is 12.0 Å². The highest BCUT2D eigenvalue weighted by Crippen LogP contribution is 2.14. The second-order valence-electron chi connectivity index (χ2n) is 2.24. The molecule has 0 N–H and O–H groups in total. The number of allylic oxidation sites excluding steroid dienone is 1. The van der Waals surface area contributed by atoms with Crippen molar-refractivity contribution in [2.75, 3.05) is 0 Å². The molecule has 0 amide bonds. The van der Waals surface area contributed by atoms with Gasteiger partial charge in [0.15, 0.2) is 0 Å². The van der Waals surface area contributed by atoms with Gasteiger partial charge in [-0.3, -0.25) is 0 Å². The van der Waals surface area contributed by atoms with Gasteiger partial charge in [0, 0.05) is 0 Å². The monoisotopic (exact) mass is 111 g/mol. The van der Waals surface area contributed by atoms with Crippen LogP contribution >= 0.6 is 0 Å². The summed E-state index contributed by atoms with van der Waals surface area (Å²) in [7, 11) is 0. The van der Waals surface area contributed by atoms with Crippen LogP contribution in [0, 0.1) is 12.8 Å². The van der Waals surface area contributed by atoms with Crippen molar-refractivity contribution in [1.29, 1.82) is 0 Å². The van der Waals surface area contributed by atoms with Crippen molar-refractivity contribution >= 4 is 0 Å². The van der Waals surface area contributed by atoms with Crippen molar-refractivity contribution in [2.24, 2.45) is 5.92 Å². The van der Waals surface area contributed by atoms with Gasteiger partial charge in [-0.2, -0.15) is 0 Å². The summed E-state index contributed by atoms with van der Waals surface area (Å²) in [5.41, 5.74) is 1.27. The van der Waals surface area contributed by atoms with Crippen LogP contribution in [0.1, 0.15) is 26.7 Å². The molecular formula is C8H15. The molecule has 0 aromatic heterocycles. The fourth-order valence-electron chi connectivity index (χ4n) is 0.799. The predicted molar refractivity (Wildman–Crippen MR) is 38.6 cm³/mol. The van der Waals surface area contributed by atoms with E-state index < -0.39 is 0 Å². The fraction of sp³-hybridized carbons (Fsp3) is 0.625. The summed E-state index contributed by atoms with van der Waals surface area (Å²) in [6.45, 7) is 11.9. The minimum atomic E-state index is 0.648. The molecule has 0 aromatic rings. The fourth-order valence-corrected chi connectivity index (χ4v) is 0.799. The Bertz CT molecular complexity index is 68.1. The molecule has 0 nitrogen and oxygen atoms in total. The van der Waals surface area contributed by atoms with Gasteiger partial charge in [0.25, 0.3) is 0 Å². The second kappa shape index (κ2) is 3.71.